The fourth-order valence-corrected chi connectivity index (χ4v) is 2.99. The minimum atomic E-state index is -0.483. The number of alkyl carbamates (subject to hydrolysis) is 1. The van der Waals surface area contributed by atoms with Gasteiger partial charge in [-0.2, -0.15) is 10.5 Å². The number of carbonyl (C=O) groups excluding carboxylic acids is 1. The first kappa shape index (κ1) is 20.3. The van der Waals surface area contributed by atoms with Crippen LogP contribution in [0.5, 0.6) is 0 Å². The van der Waals surface area contributed by atoms with E-state index in [2.05, 4.69) is 22.4 Å². The highest BCUT2D eigenvalue weighted by molar-refractivity contribution is 5.68. The van der Waals surface area contributed by atoms with Crippen molar-refractivity contribution in [1.29, 1.82) is 10.5 Å². The molecule has 1 rings (SSSR count). The number of rotatable bonds is 6. The van der Waals surface area contributed by atoms with Crippen molar-refractivity contribution in [2.75, 3.05) is 19.6 Å². The number of ether oxygens (including phenoxy) is 1. The highest BCUT2D eigenvalue weighted by Crippen LogP contribution is 2.22. The highest BCUT2D eigenvalue weighted by Gasteiger charge is 2.27. The number of hydrogen-bond acceptors (Lipinski definition) is 5. The van der Waals surface area contributed by atoms with Crippen molar-refractivity contribution in [3.05, 3.63) is 0 Å². The van der Waals surface area contributed by atoms with E-state index in [1.807, 2.05) is 27.7 Å². The minimum Gasteiger partial charge on any atom is -0.444 e. The summed E-state index contributed by atoms with van der Waals surface area (Å²) in [6.07, 6.45) is 2.70. The first-order valence-corrected chi connectivity index (χ1v) is 8.73. The first-order valence-electron chi connectivity index (χ1n) is 8.73. The zero-order valence-electron chi connectivity index (χ0n) is 15.3. The Bertz CT molecular complexity index is 479. The van der Waals surface area contributed by atoms with Crippen LogP contribution in [-0.2, 0) is 4.74 Å². The Morgan fingerprint density at radius 2 is 1.96 bits per heavy atom. The number of carbonyl (C=O) groups is 1. The molecule has 0 saturated carbocycles. The number of hydrogen-bond donors (Lipinski definition) is 1. The summed E-state index contributed by atoms with van der Waals surface area (Å²) in [7, 11) is 0. The average molecular weight is 334 g/mol. The predicted molar refractivity (Wildman–Crippen MR) is 91.9 cm³/mol. The number of nitrogens with zero attached hydrogens (tertiary/aromatic N) is 3. The second-order valence-electron chi connectivity index (χ2n) is 7.60. The van der Waals surface area contributed by atoms with Crippen LogP contribution in [0.25, 0.3) is 0 Å². The van der Waals surface area contributed by atoms with Gasteiger partial charge in [-0.05, 0) is 66.0 Å². The molecule has 1 fully saturated rings. The van der Waals surface area contributed by atoms with E-state index < -0.39 is 5.60 Å². The Hall–Kier alpha value is -1.79. The van der Waals surface area contributed by atoms with E-state index in [4.69, 9.17) is 15.3 Å². The molecule has 0 aromatic heterocycles. The molecule has 0 spiro atoms. The lowest BCUT2D eigenvalue weighted by Crippen LogP contribution is -2.46. The summed E-state index contributed by atoms with van der Waals surface area (Å²) in [4.78, 5) is 14.1. The normalized spacial score (nSPS) is 18.9. The molecule has 24 heavy (non-hydrogen) atoms. The molecule has 6 heteroatoms. The van der Waals surface area contributed by atoms with Crippen LogP contribution in [0, 0.1) is 34.5 Å². The molecule has 6 nitrogen and oxygen atoms in total. The van der Waals surface area contributed by atoms with E-state index in [9.17, 15) is 4.79 Å². The third-order valence-electron chi connectivity index (χ3n) is 4.35. The SMILES string of the molecule is C[C@H](NC(=O)OC(C)(C)C)C1CCN(C[C@@H](C#N)CCC#N)CC1. The summed E-state index contributed by atoms with van der Waals surface area (Å²) in [6, 6.07) is 4.48. The molecule has 0 radical (unpaired) electrons. The number of likely N-dealkylation sites (tertiary alicyclic amines) is 1. The number of amides is 1. The van der Waals surface area contributed by atoms with Gasteiger partial charge < -0.3 is 15.0 Å². The maximum Gasteiger partial charge on any atom is 0.407 e. The third-order valence-corrected chi connectivity index (χ3v) is 4.35. The smallest absolute Gasteiger partial charge is 0.407 e. The van der Waals surface area contributed by atoms with Gasteiger partial charge in [0, 0.05) is 19.0 Å². The van der Waals surface area contributed by atoms with Gasteiger partial charge >= 0.3 is 6.09 Å². The zero-order chi connectivity index (χ0) is 18.2. The minimum absolute atomic E-state index is 0.0708. The van der Waals surface area contributed by atoms with Crippen molar-refractivity contribution in [3.63, 3.8) is 0 Å². The topological polar surface area (TPSA) is 89.2 Å². The summed E-state index contributed by atoms with van der Waals surface area (Å²) in [5.41, 5.74) is -0.483. The summed E-state index contributed by atoms with van der Waals surface area (Å²) >= 11 is 0. The number of nitrogens with one attached hydrogen (secondary N) is 1. The average Bonchev–Trinajstić information content (AvgIpc) is 2.50. The van der Waals surface area contributed by atoms with Gasteiger partial charge in [-0.15, -0.1) is 0 Å². The van der Waals surface area contributed by atoms with Crippen molar-refractivity contribution >= 4 is 6.09 Å². The zero-order valence-corrected chi connectivity index (χ0v) is 15.3. The Morgan fingerprint density at radius 3 is 2.46 bits per heavy atom. The molecule has 0 aromatic carbocycles. The molecular formula is C18H30N4O2. The van der Waals surface area contributed by atoms with Gasteiger partial charge in [0.05, 0.1) is 18.1 Å². The second-order valence-corrected chi connectivity index (χ2v) is 7.60. The lowest BCUT2D eigenvalue weighted by molar-refractivity contribution is 0.0472. The van der Waals surface area contributed by atoms with E-state index in [1.54, 1.807) is 0 Å². The molecule has 1 N–H and O–H groups in total. The van der Waals surface area contributed by atoms with E-state index in [0.717, 1.165) is 32.5 Å². The third kappa shape index (κ3) is 7.66. The maximum absolute atomic E-state index is 11.9. The molecule has 0 unspecified atom stereocenters. The van der Waals surface area contributed by atoms with Crippen molar-refractivity contribution in [2.24, 2.45) is 11.8 Å². The van der Waals surface area contributed by atoms with Gasteiger partial charge in [0.2, 0.25) is 0 Å². The summed E-state index contributed by atoms with van der Waals surface area (Å²) < 4.78 is 5.30. The van der Waals surface area contributed by atoms with E-state index >= 15 is 0 Å². The molecule has 1 aliphatic heterocycles. The summed E-state index contributed by atoms with van der Waals surface area (Å²) in [5.74, 6) is 0.354. The van der Waals surface area contributed by atoms with Gasteiger partial charge in [-0.3, -0.25) is 0 Å². The van der Waals surface area contributed by atoms with Crippen LogP contribution in [0.3, 0.4) is 0 Å². The Balaban J connectivity index is 2.35. The lowest BCUT2D eigenvalue weighted by Gasteiger charge is -2.36. The van der Waals surface area contributed by atoms with Gasteiger partial charge in [-0.25, -0.2) is 4.79 Å². The first-order chi connectivity index (χ1) is 11.2. The van der Waals surface area contributed by atoms with Gasteiger partial charge in [-0.1, -0.05) is 0 Å². The molecule has 134 valence electrons. The van der Waals surface area contributed by atoms with Crippen LogP contribution in [0.1, 0.15) is 53.4 Å². The molecule has 2 atom stereocenters. The van der Waals surface area contributed by atoms with Gasteiger partial charge in [0.15, 0.2) is 0 Å². The summed E-state index contributed by atoms with van der Waals surface area (Å²) in [5, 5.41) is 20.7. The Kier molecular flexibility index (Phi) is 8.01. The fraction of sp³-hybridized carbons (Fsp3) is 0.833. The monoisotopic (exact) mass is 334 g/mol. The summed E-state index contributed by atoms with van der Waals surface area (Å²) in [6.45, 7) is 10.2. The van der Waals surface area contributed by atoms with Crippen LogP contribution in [0.15, 0.2) is 0 Å². The molecule has 0 bridgehead atoms. The number of nitriles is 2. The molecule has 0 aromatic rings. The number of piperidine rings is 1. The fourth-order valence-electron chi connectivity index (χ4n) is 2.99. The predicted octanol–water partition coefficient (Wildman–Crippen LogP) is 3.06. The Morgan fingerprint density at radius 1 is 1.33 bits per heavy atom. The van der Waals surface area contributed by atoms with Crippen molar-refractivity contribution in [1.82, 2.24) is 10.2 Å². The quantitative estimate of drug-likeness (QED) is 0.806. The molecule has 1 aliphatic rings. The molecule has 0 aliphatic carbocycles. The van der Waals surface area contributed by atoms with Crippen LogP contribution >= 0.6 is 0 Å². The van der Waals surface area contributed by atoms with E-state index in [0.29, 0.717) is 18.8 Å². The second kappa shape index (κ2) is 9.49. The van der Waals surface area contributed by atoms with Crippen LogP contribution in [0.2, 0.25) is 0 Å². The molecule has 1 saturated heterocycles. The van der Waals surface area contributed by atoms with E-state index in [-0.39, 0.29) is 18.1 Å². The van der Waals surface area contributed by atoms with Crippen LogP contribution in [-0.4, -0.2) is 42.3 Å². The lowest BCUT2D eigenvalue weighted by atomic mass is 9.90. The molecular weight excluding hydrogens is 304 g/mol. The molecule has 1 heterocycles. The van der Waals surface area contributed by atoms with Crippen molar-refractivity contribution < 1.29 is 9.53 Å². The molecule has 1 amide bonds. The van der Waals surface area contributed by atoms with Crippen LogP contribution in [0.4, 0.5) is 4.79 Å². The van der Waals surface area contributed by atoms with Crippen molar-refractivity contribution in [3.8, 4) is 12.1 Å². The van der Waals surface area contributed by atoms with E-state index in [1.165, 1.54) is 0 Å². The maximum atomic E-state index is 11.9. The standard InChI is InChI=1S/C18H30N4O2/c1-14(21-17(23)24-18(2,3)4)16-7-10-22(11-8-16)13-15(12-20)6-5-9-19/h14-16H,5-8,10-11,13H2,1-4H3,(H,21,23)/t14-,15+/m0/s1. The van der Waals surface area contributed by atoms with Gasteiger partial charge in [0.25, 0.3) is 0 Å². The van der Waals surface area contributed by atoms with Gasteiger partial charge in [0.1, 0.15) is 5.60 Å². The largest absolute Gasteiger partial charge is 0.444 e. The Labute approximate surface area is 145 Å². The van der Waals surface area contributed by atoms with Crippen LogP contribution < -0.4 is 5.32 Å². The van der Waals surface area contributed by atoms with Crippen molar-refractivity contribution in [2.45, 2.75) is 65.0 Å². The highest BCUT2D eigenvalue weighted by atomic mass is 16.6.